The zero-order valence-electron chi connectivity index (χ0n) is 14.9. The van der Waals surface area contributed by atoms with Crippen LogP contribution in [0.1, 0.15) is 34.5 Å². The molecule has 0 fully saturated rings. The highest BCUT2D eigenvalue weighted by molar-refractivity contribution is 6.15. The van der Waals surface area contributed by atoms with Crippen molar-refractivity contribution in [3.05, 3.63) is 77.6 Å². The summed E-state index contributed by atoms with van der Waals surface area (Å²) in [7, 11) is 0. The van der Waals surface area contributed by atoms with E-state index in [1.807, 2.05) is 18.2 Å². The van der Waals surface area contributed by atoms with Crippen LogP contribution in [0.5, 0.6) is 0 Å². The first-order chi connectivity index (χ1) is 13.2. The lowest BCUT2D eigenvalue weighted by Crippen LogP contribution is -2.05. The Morgan fingerprint density at radius 2 is 1.59 bits per heavy atom. The van der Waals surface area contributed by atoms with Gasteiger partial charge in [-0.25, -0.2) is 9.78 Å². The monoisotopic (exact) mass is 353 g/mol. The van der Waals surface area contributed by atoms with Crippen LogP contribution in [0.4, 0.5) is 0 Å². The van der Waals surface area contributed by atoms with Crippen LogP contribution in [0.15, 0.2) is 60.8 Å². The van der Waals surface area contributed by atoms with Crippen LogP contribution in [0.25, 0.3) is 32.7 Å². The molecule has 0 radical (unpaired) electrons. The van der Waals surface area contributed by atoms with E-state index in [9.17, 15) is 9.90 Å². The maximum atomic E-state index is 11.8. The van der Waals surface area contributed by atoms with Crippen molar-refractivity contribution in [1.29, 1.82) is 0 Å². The molecule has 5 rings (SSSR count). The summed E-state index contributed by atoms with van der Waals surface area (Å²) >= 11 is 0. The lowest BCUT2D eigenvalue weighted by Gasteiger charge is -2.20. The number of pyridine rings is 1. The smallest absolute Gasteiger partial charge is 0.355 e. The first-order valence-corrected chi connectivity index (χ1v) is 9.39. The van der Waals surface area contributed by atoms with Gasteiger partial charge in [0.1, 0.15) is 0 Å². The van der Waals surface area contributed by atoms with Crippen LogP contribution in [0.2, 0.25) is 0 Å². The van der Waals surface area contributed by atoms with Crippen molar-refractivity contribution in [2.45, 2.75) is 25.7 Å². The lowest BCUT2D eigenvalue weighted by molar-refractivity contribution is 0.0691. The number of aryl methyl sites for hydroxylation is 2. The molecule has 4 aromatic rings. The number of hydrogen-bond acceptors (Lipinski definition) is 2. The molecule has 3 aromatic carbocycles. The molecule has 0 bridgehead atoms. The fourth-order valence-electron chi connectivity index (χ4n) is 4.45. The van der Waals surface area contributed by atoms with E-state index in [1.165, 1.54) is 46.3 Å². The molecule has 0 spiro atoms. The summed E-state index contributed by atoms with van der Waals surface area (Å²) in [6.45, 7) is 0. The van der Waals surface area contributed by atoms with Gasteiger partial charge in [-0.3, -0.25) is 0 Å². The van der Waals surface area contributed by atoms with Crippen LogP contribution in [0, 0.1) is 0 Å². The highest BCUT2D eigenvalue weighted by Crippen LogP contribution is 2.39. The van der Waals surface area contributed by atoms with E-state index in [0.29, 0.717) is 5.56 Å². The van der Waals surface area contributed by atoms with Gasteiger partial charge in [-0.05, 0) is 76.1 Å². The van der Waals surface area contributed by atoms with Gasteiger partial charge in [-0.2, -0.15) is 0 Å². The van der Waals surface area contributed by atoms with Crippen molar-refractivity contribution in [3.63, 3.8) is 0 Å². The number of carboxylic acids is 1. The van der Waals surface area contributed by atoms with Gasteiger partial charge in [-0.15, -0.1) is 0 Å². The van der Waals surface area contributed by atoms with E-state index in [-0.39, 0.29) is 5.69 Å². The molecule has 0 aliphatic heterocycles. The van der Waals surface area contributed by atoms with E-state index >= 15 is 0 Å². The molecular formula is C24H19NO2. The van der Waals surface area contributed by atoms with Crippen molar-refractivity contribution in [1.82, 2.24) is 4.98 Å². The molecule has 3 nitrogen and oxygen atoms in total. The van der Waals surface area contributed by atoms with Gasteiger partial charge in [0.05, 0.1) is 0 Å². The third kappa shape index (κ3) is 2.50. The molecule has 132 valence electrons. The summed E-state index contributed by atoms with van der Waals surface area (Å²) in [5.41, 5.74) is 4.58. The Hall–Kier alpha value is -3.20. The number of rotatable bonds is 2. The van der Waals surface area contributed by atoms with E-state index in [2.05, 4.69) is 35.3 Å². The molecule has 1 heterocycles. The van der Waals surface area contributed by atoms with Crippen molar-refractivity contribution in [3.8, 4) is 11.1 Å². The van der Waals surface area contributed by atoms with Gasteiger partial charge in [-0.1, -0.05) is 42.5 Å². The Morgan fingerprint density at radius 1 is 0.815 bits per heavy atom. The summed E-state index contributed by atoms with van der Waals surface area (Å²) < 4.78 is 0. The molecule has 1 aliphatic rings. The molecule has 1 aliphatic carbocycles. The van der Waals surface area contributed by atoms with Gasteiger partial charge in [0.15, 0.2) is 5.69 Å². The molecule has 1 aromatic heterocycles. The Kier molecular flexibility index (Phi) is 3.68. The molecule has 0 saturated heterocycles. The molecule has 0 atom stereocenters. The molecule has 27 heavy (non-hydrogen) atoms. The number of benzene rings is 3. The summed E-state index contributed by atoms with van der Waals surface area (Å²) in [6.07, 6.45) is 6.20. The average Bonchev–Trinajstić information content (AvgIpc) is 2.73. The Morgan fingerprint density at radius 3 is 2.44 bits per heavy atom. The molecule has 0 saturated carbocycles. The Bertz CT molecular complexity index is 1210. The SMILES string of the molecule is O=C(O)c1ncccc1-c1cc2c3c(ccc2c2ccccc12)CCCC3. The van der Waals surface area contributed by atoms with Crippen LogP contribution < -0.4 is 0 Å². The number of carboxylic acid groups (broad SMARTS) is 1. The van der Waals surface area contributed by atoms with E-state index in [4.69, 9.17) is 0 Å². The maximum Gasteiger partial charge on any atom is 0.355 e. The predicted molar refractivity (Wildman–Crippen MR) is 108 cm³/mol. The minimum absolute atomic E-state index is 0.104. The van der Waals surface area contributed by atoms with E-state index in [1.54, 1.807) is 6.07 Å². The highest BCUT2D eigenvalue weighted by atomic mass is 16.4. The first kappa shape index (κ1) is 16.0. The van der Waals surface area contributed by atoms with Crippen molar-refractivity contribution in [2.24, 2.45) is 0 Å². The normalized spacial score (nSPS) is 13.6. The van der Waals surface area contributed by atoms with Gasteiger partial charge in [0.2, 0.25) is 0 Å². The summed E-state index contributed by atoms with van der Waals surface area (Å²) in [5, 5.41) is 14.4. The Balaban J connectivity index is 1.93. The maximum absolute atomic E-state index is 11.8. The second-order valence-electron chi connectivity index (χ2n) is 7.18. The number of nitrogens with zero attached hydrogens (tertiary/aromatic N) is 1. The van der Waals surface area contributed by atoms with E-state index < -0.39 is 5.97 Å². The molecule has 0 amide bonds. The van der Waals surface area contributed by atoms with Gasteiger partial charge < -0.3 is 5.11 Å². The second kappa shape index (κ2) is 6.20. The number of hydrogen-bond donors (Lipinski definition) is 1. The molecule has 1 N–H and O–H groups in total. The number of aromatic carboxylic acids is 1. The third-order valence-corrected chi connectivity index (χ3v) is 5.67. The first-order valence-electron chi connectivity index (χ1n) is 9.39. The quantitative estimate of drug-likeness (QED) is 0.475. The van der Waals surface area contributed by atoms with Gasteiger partial charge >= 0.3 is 5.97 Å². The van der Waals surface area contributed by atoms with Gasteiger partial charge in [0, 0.05) is 11.8 Å². The fourth-order valence-corrected chi connectivity index (χ4v) is 4.45. The highest BCUT2D eigenvalue weighted by Gasteiger charge is 2.19. The van der Waals surface area contributed by atoms with E-state index in [0.717, 1.165) is 23.8 Å². The standard InChI is InChI=1S/C24H19NO2/c26-24(27)23-20(10-5-13-25-23)22-14-21-16-7-2-1-6-15(16)11-12-19(21)17-8-3-4-9-18(17)22/h3-5,8-14H,1-2,6-7H2,(H,26,27). The predicted octanol–water partition coefficient (Wildman–Crippen LogP) is 5.63. The topological polar surface area (TPSA) is 50.2 Å². The van der Waals surface area contributed by atoms with Crippen LogP contribution >= 0.6 is 0 Å². The van der Waals surface area contributed by atoms with Crippen molar-refractivity contribution >= 4 is 27.5 Å². The minimum atomic E-state index is -0.995. The zero-order valence-corrected chi connectivity index (χ0v) is 14.9. The number of fused-ring (bicyclic) bond motifs is 5. The largest absolute Gasteiger partial charge is 0.476 e. The third-order valence-electron chi connectivity index (χ3n) is 5.67. The number of carbonyl (C=O) groups is 1. The lowest BCUT2D eigenvalue weighted by atomic mass is 9.84. The molecule has 3 heteroatoms. The summed E-state index contributed by atoms with van der Waals surface area (Å²) in [5.74, 6) is -0.995. The van der Waals surface area contributed by atoms with Gasteiger partial charge in [0.25, 0.3) is 0 Å². The zero-order chi connectivity index (χ0) is 18.4. The summed E-state index contributed by atoms with van der Waals surface area (Å²) in [6, 6.07) is 18.6. The molecule has 0 unspecified atom stereocenters. The van der Waals surface area contributed by atoms with Crippen LogP contribution in [-0.4, -0.2) is 16.1 Å². The van der Waals surface area contributed by atoms with Crippen molar-refractivity contribution in [2.75, 3.05) is 0 Å². The minimum Gasteiger partial charge on any atom is -0.476 e. The van der Waals surface area contributed by atoms with Crippen LogP contribution in [0.3, 0.4) is 0 Å². The second-order valence-corrected chi connectivity index (χ2v) is 7.18. The molecular weight excluding hydrogens is 334 g/mol. The summed E-state index contributed by atoms with van der Waals surface area (Å²) in [4.78, 5) is 15.9. The fraction of sp³-hybridized carbons (Fsp3) is 0.167. The number of aromatic nitrogens is 1. The Labute approximate surface area is 157 Å². The van der Waals surface area contributed by atoms with Crippen LogP contribution in [-0.2, 0) is 12.8 Å². The van der Waals surface area contributed by atoms with Crippen molar-refractivity contribution < 1.29 is 9.90 Å². The average molecular weight is 353 g/mol.